The lowest BCUT2D eigenvalue weighted by Crippen LogP contribution is -2.39. The quantitative estimate of drug-likeness (QED) is 0.883. The first-order valence-corrected chi connectivity index (χ1v) is 6.91. The van der Waals surface area contributed by atoms with Crippen molar-refractivity contribution in [3.63, 3.8) is 0 Å². The minimum Gasteiger partial charge on any atom is -0.481 e. The van der Waals surface area contributed by atoms with Gasteiger partial charge in [0, 0.05) is 23.2 Å². The Balaban J connectivity index is 2.06. The summed E-state index contributed by atoms with van der Waals surface area (Å²) < 4.78 is 5.12. The third-order valence-corrected chi connectivity index (χ3v) is 3.39. The van der Waals surface area contributed by atoms with Gasteiger partial charge >= 0.3 is 5.97 Å². The van der Waals surface area contributed by atoms with Gasteiger partial charge in [0.1, 0.15) is 0 Å². The van der Waals surface area contributed by atoms with Crippen molar-refractivity contribution in [2.75, 3.05) is 6.54 Å². The number of carboxylic acids is 1. The number of aromatic nitrogens is 1. The zero-order chi connectivity index (χ0) is 16.3. The molecule has 6 nitrogen and oxygen atoms in total. The summed E-state index contributed by atoms with van der Waals surface area (Å²) >= 11 is 5.81. The van der Waals surface area contributed by atoms with Gasteiger partial charge in [-0.05, 0) is 38.1 Å². The summed E-state index contributed by atoms with van der Waals surface area (Å²) in [4.78, 5) is 23.0. The Morgan fingerprint density at radius 2 is 1.95 bits per heavy atom. The normalized spacial score (nSPS) is 11.2. The van der Waals surface area contributed by atoms with Gasteiger partial charge < -0.3 is 14.9 Å². The van der Waals surface area contributed by atoms with E-state index in [0.717, 1.165) is 5.56 Å². The van der Waals surface area contributed by atoms with E-state index in [4.69, 9.17) is 21.2 Å². The van der Waals surface area contributed by atoms with Crippen LogP contribution in [0.1, 0.15) is 24.3 Å². The maximum atomic E-state index is 12.0. The fraction of sp³-hybridized carbons (Fsp3) is 0.267. The molecule has 0 unspecified atom stereocenters. The average Bonchev–Trinajstić information content (AvgIpc) is 2.95. The van der Waals surface area contributed by atoms with E-state index >= 15 is 0 Å². The van der Waals surface area contributed by atoms with Crippen LogP contribution in [0.2, 0.25) is 5.02 Å². The zero-order valence-electron chi connectivity index (χ0n) is 12.1. The topological polar surface area (TPSA) is 92.4 Å². The van der Waals surface area contributed by atoms with E-state index < -0.39 is 17.3 Å². The van der Waals surface area contributed by atoms with Crippen molar-refractivity contribution in [1.82, 2.24) is 10.5 Å². The highest BCUT2D eigenvalue weighted by molar-refractivity contribution is 6.30. The molecule has 0 fully saturated rings. The van der Waals surface area contributed by atoms with Crippen LogP contribution in [0.5, 0.6) is 0 Å². The number of rotatable bonds is 5. The van der Waals surface area contributed by atoms with Crippen LogP contribution in [-0.2, 0) is 4.79 Å². The lowest BCUT2D eigenvalue weighted by molar-refractivity contribution is -0.146. The molecule has 0 aliphatic carbocycles. The Bertz CT molecular complexity index is 692. The van der Waals surface area contributed by atoms with E-state index in [1.54, 1.807) is 24.3 Å². The number of nitrogens with zero attached hydrogens (tertiary/aromatic N) is 1. The van der Waals surface area contributed by atoms with Gasteiger partial charge in [-0.3, -0.25) is 9.59 Å². The molecule has 0 aliphatic heterocycles. The van der Waals surface area contributed by atoms with Crippen molar-refractivity contribution in [2.24, 2.45) is 5.41 Å². The van der Waals surface area contributed by atoms with E-state index in [-0.39, 0.29) is 12.2 Å². The highest BCUT2D eigenvalue weighted by Gasteiger charge is 2.28. The third kappa shape index (κ3) is 3.65. The van der Waals surface area contributed by atoms with Gasteiger partial charge in [-0.2, -0.15) is 0 Å². The van der Waals surface area contributed by atoms with E-state index in [9.17, 15) is 9.59 Å². The first-order chi connectivity index (χ1) is 10.3. The predicted octanol–water partition coefficient (Wildman–Crippen LogP) is 2.84. The average molecular weight is 323 g/mol. The van der Waals surface area contributed by atoms with Gasteiger partial charge in [-0.1, -0.05) is 16.8 Å². The molecule has 116 valence electrons. The predicted molar refractivity (Wildman–Crippen MR) is 80.7 cm³/mol. The monoisotopic (exact) mass is 322 g/mol. The number of carbonyl (C=O) groups excluding carboxylic acids is 1. The van der Waals surface area contributed by atoms with Gasteiger partial charge in [0.25, 0.3) is 5.91 Å². The van der Waals surface area contributed by atoms with E-state index in [2.05, 4.69) is 10.5 Å². The number of carboxylic acid groups (broad SMARTS) is 1. The van der Waals surface area contributed by atoms with Crippen LogP contribution in [0.25, 0.3) is 11.3 Å². The van der Waals surface area contributed by atoms with Crippen molar-refractivity contribution >= 4 is 23.5 Å². The van der Waals surface area contributed by atoms with E-state index in [1.165, 1.54) is 19.9 Å². The Labute approximate surface area is 132 Å². The fourth-order valence-electron chi connectivity index (χ4n) is 1.60. The molecule has 1 aromatic carbocycles. The molecule has 0 saturated heterocycles. The standard InChI is InChI=1S/C15H15ClN2O4/c1-15(2,14(20)21)8-17-13(19)11-7-12(22-18-11)9-3-5-10(16)6-4-9/h3-7H,8H2,1-2H3,(H,17,19)(H,20,21). The Hall–Kier alpha value is -2.34. The molecule has 7 heteroatoms. The van der Waals surface area contributed by atoms with Gasteiger partial charge in [0.15, 0.2) is 11.5 Å². The summed E-state index contributed by atoms with van der Waals surface area (Å²) in [6, 6.07) is 8.39. The van der Waals surface area contributed by atoms with Crippen LogP contribution in [0, 0.1) is 5.41 Å². The van der Waals surface area contributed by atoms with Gasteiger partial charge in [-0.25, -0.2) is 0 Å². The highest BCUT2D eigenvalue weighted by Crippen LogP contribution is 2.22. The molecule has 0 saturated carbocycles. The minimum absolute atomic E-state index is 0.00962. The Morgan fingerprint density at radius 1 is 1.32 bits per heavy atom. The van der Waals surface area contributed by atoms with Crippen LogP contribution in [0.4, 0.5) is 0 Å². The maximum Gasteiger partial charge on any atom is 0.310 e. The molecule has 0 spiro atoms. The number of hydrogen-bond donors (Lipinski definition) is 2. The summed E-state index contributed by atoms with van der Waals surface area (Å²) in [6.07, 6.45) is 0. The lowest BCUT2D eigenvalue weighted by Gasteiger charge is -2.18. The van der Waals surface area contributed by atoms with Crippen molar-refractivity contribution in [1.29, 1.82) is 0 Å². The lowest BCUT2D eigenvalue weighted by atomic mass is 9.94. The van der Waals surface area contributed by atoms with Crippen LogP contribution in [0.15, 0.2) is 34.9 Å². The molecule has 1 heterocycles. The second-order valence-corrected chi connectivity index (χ2v) is 5.89. The zero-order valence-corrected chi connectivity index (χ0v) is 12.8. The number of nitrogens with one attached hydrogen (secondary N) is 1. The van der Waals surface area contributed by atoms with Gasteiger partial charge in [-0.15, -0.1) is 0 Å². The number of aliphatic carboxylic acids is 1. The second kappa shape index (κ2) is 6.19. The largest absolute Gasteiger partial charge is 0.481 e. The molecule has 0 aliphatic rings. The molecule has 2 rings (SSSR count). The molecule has 2 aromatic rings. The number of benzene rings is 1. The van der Waals surface area contributed by atoms with Crippen LogP contribution in [0.3, 0.4) is 0 Å². The second-order valence-electron chi connectivity index (χ2n) is 5.46. The van der Waals surface area contributed by atoms with Crippen molar-refractivity contribution in [3.8, 4) is 11.3 Å². The molecular formula is C15H15ClN2O4. The minimum atomic E-state index is -1.06. The highest BCUT2D eigenvalue weighted by atomic mass is 35.5. The first kappa shape index (κ1) is 16.0. The molecule has 22 heavy (non-hydrogen) atoms. The maximum absolute atomic E-state index is 12.0. The van der Waals surface area contributed by atoms with Crippen LogP contribution in [-0.4, -0.2) is 28.7 Å². The Kier molecular flexibility index (Phi) is 4.51. The number of amides is 1. The molecule has 1 amide bonds. The number of hydrogen-bond acceptors (Lipinski definition) is 4. The molecule has 0 atom stereocenters. The Morgan fingerprint density at radius 3 is 2.55 bits per heavy atom. The first-order valence-electron chi connectivity index (χ1n) is 6.54. The van der Waals surface area contributed by atoms with E-state index in [0.29, 0.717) is 10.8 Å². The molecular weight excluding hydrogens is 308 g/mol. The third-order valence-electron chi connectivity index (χ3n) is 3.14. The fourth-order valence-corrected chi connectivity index (χ4v) is 1.73. The van der Waals surface area contributed by atoms with Crippen molar-refractivity contribution < 1.29 is 19.2 Å². The molecule has 1 aromatic heterocycles. The summed E-state index contributed by atoms with van der Waals surface area (Å²) in [5.41, 5.74) is -0.230. The van der Waals surface area contributed by atoms with Gasteiger partial charge in [0.05, 0.1) is 5.41 Å². The van der Waals surface area contributed by atoms with Crippen molar-refractivity contribution in [2.45, 2.75) is 13.8 Å². The summed E-state index contributed by atoms with van der Waals surface area (Å²) in [5.74, 6) is -1.05. The molecule has 0 radical (unpaired) electrons. The van der Waals surface area contributed by atoms with Crippen LogP contribution >= 0.6 is 11.6 Å². The van der Waals surface area contributed by atoms with Gasteiger partial charge in [0.2, 0.25) is 0 Å². The molecule has 0 bridgehead atoms. The molecule has 2 N–H and O–H groups in total. The smallest absolute Gasteiger partial charge is 0.310 e. The number of halogens is 1. The van der Waals surface area contributed by atoms with Crippen LogP contribution < -0.4 is 5.32 Å². The SMILES string of the molecule is CC(C)(CNC(=O)c1cc(-c2ccc(Cl)cc2)on1)C(=O)O. The summed E-state index contributed by atoms with van der Waals surface area (Å²) in [7, 11) is 0. The van der Waals surface area contributed by atoms with E-state index in [1.807, 2.05) is 0 Å². The van der Waals surface area contributed by atoms with Crippen molar-refractivity contribution in [3.05, 3.63) is 41.0 Å². The number of carbonyl (C=O) groups is 2. The summed E-state index contributed by atoms with van der Waals surface area (Å²) in [5, 5.41) is 15.8. The summed E-state index contributed by atoms with van der Waals surface area (Å²) in [6.45, 7) is 3.04.